The molecule has 1 amide bonds. The second-order valence-corrected chi connectivity index (χ2v) is 9.77. The molecule has 0 aromatic carbocycles. The van der Waals surface area contributed by atoms with Crippen molar-refractivity contribution in [2.75, 3.05) is 26.2 Å². The van der Waals surface area contributed by atoms with Crippen LogP contribution in [0.4, 0.5) is 0 Å². The Morgan fingerprint density at radius 2 is 1.88 bits per heavy atom. The van der Waals surface area contributed by atoms with Crippen molar-refractivity contribution in [3.8, 4) is 0 Å². The molecule has 1 aromatic heterocycles. The van der Waals surface area contributed by atoms with Crippen LogP contribution in [0.3, 0.4) is 0 Å². The summed E-state index contributed by atoms with van der Waals surface area (Å²) in [6, 6.07) is 0. The number of aromatic nitrogens is 1. The van der Waals surface area contributed by atoms with Crippen LogP contribution < -0.4 is 0 Å². The summed E-state index contributed by atoms with van der Waals surface area (Å²) in [6.07, 6.45) is 3.86. The molecule has 2 aliphatic rings. The summed E-state index contributed by atoms with van der Waals surface area (Å²) in [5.74, 6) is 1.38. The molecule has 0 N–H and O–H groups in total. The lowest BCUT2D eigenvalue weighted by Gasteiger charge is -2.36. The highest BCUT2D eigenvalue weighted by molar-refractivity contribution is 5.76. The topological polar surface area (TPSA) is 49.6 Å². The SMILES string of the molecule is CC(C)(C)CC(=O)N1CCN(Cc2noc3c2CC(C)(C)CC3)CC1. The lowest BCUT2D eigenvalue weighted by Crippen LogP contribution is -2.49. The number of carbonyl (C=O) groups excluding carboxylic acids is 1. The Morgan fingerprint density at radius 3 is 2.52 bits per heavy atom. The third kappa shape index (κ3) is 4.63. The average Bonchev–Trinajstić information content (AvgIpc) is 2.87. The zero-order chi connectivity index (χ0) is 18.2. The highest BCUT2D eigenvalue weighted by Gasteiger charge is 2.32. The van der Waals surface area contributed by atoms with Gasteiger partial charge in [-0.25, -0.2) is 0 Å². The Balaban J connectivity index is 1.55. The van der Waals surface area contributed by atoms with Gasteiger partial charge in [0.25, 0.3) is 0 Å². The highest BCUT2D eigenvalue weighted by atomic mass is 16.5. The Kier molecular flexibility index (Phi) is 4.97. The van der Waals surface area contributed by atoms with Gasteiger partial charge in [0.2, 0.25) is 5.91 Å². The van der Waals surface area contributed by atoms with Gasteiger partial charge in [-0.05, 0) is 23.7 Å². The fourth-order valence-electron chi connectivity index (χ4n) is 3.85. The molecule has 0 saturated carbocycles. The fraction of sp³-hybridized carbons (Fsp3) is 0.800. The van der Waals surface area contributed by atoms with Crippen molar-refractivity contribution in [1.82, 2.24) is 15.0 Å². The first-order valence-corrected chi connectivity index (χ1v) is 9.59. The fourth-order valence-corrected chi connectivity index (χ4v) is 3.85. The number of rotatable bonds is 3. The van der Waals surface area contributed by atoms with Crippen molar-refractivity contribution in [3.63, 3.8) is 0 Å². The molecule has 1 aliphatic carbocycles. The molecular weight excluding hydrogens is 314 g/mol. The van der Waals surface area contributed by atoms with Gasteiger partial charge < -0.3 is 9.42 Å². The molecule has 1 fully saturated rings. The first-order valence-electron chi connectivity index (χ1n) is 9.59. The van der Waals surface area contributed by atoms with Crippen LogP contribution in [0, 0.1) is 10.8 Å². The second-order valence-electron chi connectivity index (χ2n) is 9.77. The van der Waals surface area contributed by atoms with Crippen LogP contribution in [0.1, 0.15) is 64.5 Å². The average molecular weight is 348 g/mol. The van der Waals surface area contributed by atoms with Gasteiger partial charge in [-0.3, -0.25) is 9.69 Å². The van der Waals surface area contributed by atoms with E-state index in [9.17, 15) is 4.79 Å². The van der Waals surface area contributed by atoms with E-state index in [1.54, 1.807) is 0 Å². The molecule has 0 spiro atoms. The minimum Gasteiger partial charge on any atom is -0.361 e. The lowest BCUT2D eigenvalue weighted by atomic mass is 9.76. The van der Waals surface area contributed by atoms with E-state index in [4.69, 9.17) is 4.52 Å². The molecule has 2 heterocycles. The number of carbonyl (C=O) groups is 1. The van der Waals surface area contributed by atoms with Crippen LogP contribution in [0.2, 0.25) is 0 Å². The van der Waals surface area contributed by atoms with Crippen molar-refractivity contribution < 1.29 is 9.32 Å². The van der Waals surface area contributed by atoms with E-state index in [1.807, 2.05) is 4.90 Å². The van der Waals surface area contributed by atoms with E-state index in [1.165, 1.54) is 12.0 Å². The predicted molar refractivity (Wildman–Crippen MR) is 98.2 cm³/mol. The van der Waals surface area contributed by atoms with E-state index in [0.29, 0.717) is 11.8 Å². The summed E-state index contributed by atoms with van der Waals surface area (Å²) in [4.78, 5) is 16.8. The minimum atomic E-state index is 0.0563. The summed E-state index contributed by atoms with van der Waals surface area (Å²) < 4.78 is 5.59. The summed E-state index contributed by atoms with van der Waals surface area (Å²) in [6.45, 7) is 15.3. The van der Waals surface area contributed by atoms with E-state index in [-0.39, 0.29) is 11.3 Å². The van der Waals surface area contributed by atoms with Gasteiger partial charge in [-0.15, -0.1) is 0 Å². The third-order valence-electron chi connectivity index (χ3n) is 5.42. The van der Waals surface area contributed by atoms with E-state index in [0.717, 1.165) is 57.0 Å². The van der Waals surface area contributed by atoms with E-state index < -0.39 is 0 Å². The van der Waals surface area contributed by atoms with E-state index in [2.05, 4.69) is 44.7 Å². The lowest BCUT2D eigenvalue weighted by molar-refractivity contribution is -0.134. The minimum absolute atomic E-state index is 0.0563. The Hall–Kier alpha value is -1.36. The zero-order valence-electron chi connectivity index (χ0n) is 16.5. The molecule has 5 heteroatoms. The molecule has 25 heavy (non-hydrogen) atoms. The number of fused-ring (bicyclic) bond motifs is 1. The molecule has 0 unspecified atom stereocenters. The van der Waals surface area contributed by atoms with Crippen LogP contribution in [0.15, 0.2) is 4.52 Å². The molecule has 1 saturated heterocycles. The van der Waals surface area contributed by atoms with Crippen LogP contribution in [-0.4, -0.2) is 47.0 Å². The first-order chi connectivity index (χ1) is 11.6. The van der Waals surface area contributed by atoms with Crippen molar-refractivity contribution in [3.05, 3.63) is 17.0 Å². The van der Waals surface area contributed by atoms with Gasteiger partial charge in [0, 0.05) is 51.1 Å². The van der Waals surface area contributed by atoms with Gasteiger partial charge in [0.1, 0.15) is 11.5 Å². The Bertz CT molecular complexity index is 619. The van der Waals surface area contributed by atoms with Crippen LogP contribution in [-0.2, 0) is 24.2 Å². The van der Waals surface area contributed by atoms with Crippen LogP contribution >= 0.6 is 0 Å². The quantitative estimate of drug-likeness (QED) is 0.842. The van der Waals surface area contributed by atoms with Gasteiger partial charge in [0.15, 0.2) is 0 Å². The number of hydrogen-bond acceptors (Lipinski definition) is 4. The molecule has 0 radical (unpaired) electrons. The molecule has 5 nitrogen and oxygen atoms in total. The number of nitrogens with zero attached hydrogens (tertiary/aromatic N) is 3. The van der Waals surface area contributed by atoms with Gasteiger partial charge in [0.05, 0.1) is 0 Å². The Labute approximate surface area is 151 Å². The first kappa shape index (κ1) is 18.4. The van der Waals surface area contributed by atoms with Crippen molar-refractivity contribution in [2.24, 2.45) is 10.8 Å². The smallest absolute Gasteiger partial charge is 0.223 e. The maximum absolute atomic E-state index is 12.4. The molecule has 0 bridgehead atoms. The summed E-state index contributed by atoms with van der Waals surface area (Å²) in [5.41, 5.74) is 2.84. The molecule has 1 aliphatic heterocycles. The predicted octanol–water partition coefficient (Wildman–Crippen LogP) is 3.27. The highest BCUT2D eigenvalue weighted by Crippen LogP contribution is 2.36. The molecule has 140 valence electrons. The number of hydrogen-bond donors (Lipinski definition) is 0. The normalized spacial score (nSPS) is 21.2. The number of amides is 1. The van der Waals surface area contributed by atoms with Crippen molar-refractivity contribution in [2.45, 2.75) is 66.8 Å². The van der Waals surface area contributed by atoms with Gasteiger partial charge in [-0.1, -0.05) is 39.8 Å². The zero-order valence-corrected chi connectivity index (χ0v) is 16.5. The van der Waals surface area contributed by atoms with Crippen molar-refractivity contribution in [1.29, 1.82) is 0 Å². The van der Waals surface area contributed by atoms with Gasteiger partial charge >= 0.3 is 0 Å². The number of piperazine rings is 1. The molecular formula is C20H33N3O2. The molecule has 0 atom stereocenters. The Morgan fingerprint density at radius 1 is 1.20 bits per heavy atom. The largest absolute Gasteiger partial charge is 0.361 e. The number of aryl methyl sites for hydroxylation is 1. The van der Waals surface area contributed by atoms with Gasteiger partial charge in [-0.2, -0.15) is 0 Å². The maximum Gasteiger partial charge on any atom is 0.223 e. The third-order valence-corrected chi connectivity index (χ3v) is 5.42. The van der Waals surface area contributed by atoms with E-state index >= 15 is 0 Å². The molecule has 1 aromatic rings. The molecule has 3 rings (SSSR count). The monoisotopic (exact) mass is 347 g/mol. The standard InChI is InChI=1S/C20H33N3O2/c1-19(2,3)13-18(24)23-10-8-22(9-11-23)14-16-15-12-20(4,5)7-6-17(15)25-21-16/h6-14H2,1-5H3. The second kappa shape index (κ2) is 6.75. The maximum atomic E-state index is 12.4. The summed E-state index contributed by atoms with van der Waals surface area (Å²) in [7, 11) is 0. The summed E-state index contributed by atoms with van der Waals surface area (Å²) >= 11 is 0. The van der Waals surface area contributed by atoms with Crippen LogP contribution in [0.5, 0.6) is 0 Å². The summed E-state index contributed by atoms with van der Waals surface area (Å²) in [5, 5.41) is 4.36. The van der Waals surface area contributed by atoms with Crippen LogP contribution in [0.25, 0.3) is 0 Å². The van der Waals surface area contributed by atoms with Crippen molar-refractivity contribution >= 4 is 5.91 Å².